The summed E-state index contributed by atoms with van der Waals surface area (Å²) in [6, 6.07) is 22.6. The van der Waals surface area contributed by atoms with Gasteiger partial charge in [-0.2, -0.15) is 0 Å². The number of nitrogens with one attached hydrogen (secondary N) is 1. The zero-order chi connectivity index (χ0) is 21.8. The number of anilines is 1. The molecule has 1 amide bonds. The molecule has 0 radical (unpaired) electrons. The minimum Gasteiger partial charge on any atom is -0.480 e. The first-order valence-corrected chi connectivity index (χ1v) is 10.8. The van der Waals surface area contributed by atoms with Gasteiger partial charge >= 0.3 is 5.97 Å². The molecule has 160 valence electrons. The van der Waals surface area contributed by atoms with Gasteiger partial charge in [0.1, 0.15) is 6.54 Å². The smallest absolute Gasteiger partial charge is 0.322 e. The highest BCUT2D eigenvalue weighted by molar-refractivity contribution is 5.96. The first-order chi connectivity index (χ1) is 15.0. The summed E-state index contributed by atoms with van der Waals surface area (Å²) < 4.78 is 0. The second-order valence-corrected chi connectivity index (χ2v) is 8.43. The number of carboxylic acid groups (broad SMARTS) is 1. The third-order valence-corrected chi connectivity index (χ3v) is 6.22. The van der Waals surface area contributed by atoms with Gasteiger partial charge in [0, 0.05) is 24.3 Å². The molecule has 1 fully saturated rings. The van der Waals surface area contributed by atoms with Gasteiger partial charge in [-0.15, -0.1) is 0 Å². The molecule has 0 aromatic heterocycles. The molecule has 3 aromatic carbocycles. The number of nitrogens with zero attached hydrogens (tertiary/aromatic N) is 1. The molecule has 0 bridgehead atoms. The Balaban J connectivity index is 1.37. The average Bonchev–Trinajstić information content (AvgIpc) is 3.25. The molecule has 1 aliphatic heterocycles. The number of aliphatic carboxylic acids is 1. The molecule has 2 N–H and O–H groups in total. The van der Waals surface area contributed by atoms with Gasteiger partial charge in [-0.05, 0) is 65.3 Å². The molecule has 0 spiro atoms. The van der Waals surface area contributed by atoms with Crippen molar-refractivity contribution >= 4 is 28.3 Å². The van der Waals surface area contributed by atoms with Gasteiger partial charge in [-0.3, -0.25) is 9.59 Å². The third-order valence-electron chi connectivity index (χ3n) is 6.22. The second-order valence-electron chi connectivity index (χ2n) is 8.43. The summed E-state index contributed by atoms with van der Waals surface area (Å²) in [5.41, 5.74) is 3.01. The Hall–Kier alpha value is -3.34. The fourth-order valence-electron chi connectivity index (χ4n) is 4.65. The quantitative estimate of drug-likeness (QED) is 0.587. The number of rotatable bonds is 7. The lowest BCUT2D eigenvalue weighted by atomic mass is 9.87. The number of carboxylic acids is 1. The predicted molar refractivity (Wildman–Crippen MR) is 124 cm³/mol. The van der Waals surface area contributed by atoms with E-state index in [9.17, 15) is 9.59 Å². The van der Waals surface area contributed by atoms with Crippen molar-refractivity contribution in [2.45, 2.75) is 25.7 Å². The van der Waals surface area contributed by atoms with Crippen molar-refractivity contribution in [2.24, 2.45) is 5.92 Å². The average molecular weight is 417 g/mol. The van der Waals surface area contributed by atoms with Crippen molar-refractivity contribution in [3.05, 3.63) is 77.9 Å². The van der Waals surface area contributed by atoms with E-state index in [0.29, 0.717) is 17.4 Å². The van der Waals surface area contributed by atoms with Gasteiger partial charge in [-0.25, -0.2) is 0 Å². The lowest BCUT2D eigenvalue weighted by Crippen LogP contribution is -2.29. The van der Waals surface area contributed by atoms with Crippen molar-refractivity contribution in [3.63, 3.8) is 0 Å². The molecule has 4 rings (SSSR count). The largest absolute Gasteiger partial charge is 0.480 e. The molecule has 0 aliphatic carbocycles. The van der Waals surface area contributed by atoms with Crippen LogP contribution in [-0.4, -0.2) is 36.6 Å². The van der Waals surface area contributed by atoms with Crippen LogP contribution in [0.1, 0.15) is 41.6 Å². The zero-order valence-electron chi connectivity index (χ0n) is 17.8. The zero-order valence-corrected chi connectivity index (χ0v) is 17.8. The maximum atomic E-state index is 12.0. The van der Waals surface area contributed by atoms with E-state index in [2.05, 4.69) is 59.6 Å². The fourth-order valence-corrected chi connectivity index (χ4v) is 4.65. The van der Waals surface area contributed by atoms with Gasteiger partial charge in [0.25, 0.3) is 5.91 Å². The molecule has 0 unspecified atom stereocenters. The standard InChI is InChI=1S/C26H28N2O3/c1-18(23-8-4-6-20-5-2-3-7-24(20)23)15-19-13-14-28(17-19)22-11-9-21(10-12-22)26(31)27-16-25(29)30/h2-12,18-19H,13-17H2,1H3,(H,27,31)(H,29,30)/t18-,19+/m0/s1. The van der Waals surface area contributed by atoms with Crippen LogP contribution in [0.4, 0.5) is 5.69 Å². The molecule has 1 heterocycles. The first-order valence-electron chi connectivity index (χ1n) is 10.8. The van der Waals surface area contributed by atoms with Crippen molar-refractivity contribution in [1.29, 1.82) is 0 Å². The van der Waals surface area contributed by atoms with Crippen LogP contribution in [-0.2, 0) is 4.79 Å². The molecule has 0 saturated carbocycles. The topological polar surface area (TPSA) is 69.6 Å². The lowest BCUT2D eigenvalue weighted by Gasteiger charge is -2.21. The summed E-state index contributed by atoms with van der Waals surface area (Å²) in [7, 11) is 0. The highest BCUT2D eigenvalue weighted by Crippen LogP contribution is 2.34. The van der Waals surface area contributed by atoms with Gasteiger partial charge in [0.15, 0.2) is 0 Å². The van der Waals surface area contributed by atoms with E-state index in [1.807, 2.05) is 12.1 Å². The van der Waals surface area contributed by atoms with E-state index in [4.69, 9.17) is 5.11 Å². The van der Waals surface area contributed by atoms with Crippen LogP contribution in [0.5, 0.6) is 0 Å². The van der Waals surface area contributed by atoms with E-state index in [1.54, 1.807) is 12.1 Å². The molecule has 1 saturated heterocycles. The second kappa shape index (κ2) is 9.21. The first kappa shape index (κ1) is 20.9. The van der Waals surface area contributed by atoms with E-state index in [0.717, 1.165) is 31.6 Å². The Bertz CT molecular complexity index is 1070. The molecule has 3 aromatic rings. The minimum atomic E-state index is -1.05. The maximum absolute atomic E-state index is 12.0. The van der Waals surface area contributed by atoms with Gasteiger partial charge in [-0.1, -0.05) is 49.4 Å². The summed E-state index contributed by atoms with van der Waals surface area (Å²) in [6.45, 7) is 3.98. The van der Waals surface area contributed by atoms with Gasteiger partial charge in [0.2, 0.25) is 0 Å². The highest BCUT2D eigenvalue weighted by Gasteiger charge is 2.25. The Morgan fingerprint density at radius 3 is 2.58 bits per heavy atom. The summed E-state index contributed by atoms with van der Waals surface area (Å²) in [4.78, 5) is 25.0. The SMILES string of the molecule is C[C@@H](C[C@H]1CCN(c2ccc(C(=O)NCC(=O)O)cc2)C1)c1cccc2ccccc12. The Morgan fingerprint density at radius 1 is 1.06 bits per heavy atom. The van der Waals surface area contributed by atoms with Crippen LogP contribution in [0.3, 0.4) is 0 Å². The number of fused-ring (bicyclic) bond motifs is 1. The summed E-state index contributed by atoms with van der Waals surface area (Å²) >= 11 is 0. The van der Waals surface area contributed by atoms with Gasteiger partial charge < -0.3 is 15.3 Å². The van der Waals surface area contributed by atoms with Gasteiger partial charge in [0.05, 0.1) is 0 Å². The molecular formula is C26H28N2O3. The van der Waals surface area contributed by atoms with E-state index >= 15 is 0 Å². The van der Waals surface area contributed by atoms with Crippen LogP contribution in [0.25, 0.3) is 10.8 Å². The summed E-state index contributed by atoms with van der Waals surface area (Å²) in [6.07, 6.45) is 2.32. The number of hydrogen-bond acceptors (Lipinski definition) is 3. The highest BCUT2D eigenvalue weighted by atomic mass is 16.4. The predicted octanol–water partition coefficient (Wildman–Crippen LogP) is 4.67. The molecule has 5 nitrogen and oxygen atoms in total. The Kier molecular flexibility index (Phi) is 6.21. The molecule has 1 aliphatic rings. The number of hydrogen-bond donors (Lipinski definition) is 2. The lowest BCUT2D eigenvalue weighted by molar-refractivity contribution is -0.135. The van der Waals surface area contributed by atoms with Crippen LogP contribution < -0.4 is 10.2 Å². The number of carbonyl (C=O) groups excluding carboxylic acids is 1. The van der Waals surface area contributed by atoms with E-state index in [1.165, 1.54) is 16.3 Å². The maximum Gasteiger partial charge on any atom is 0.322 e. The molecule has 31 heavy (non-hydrogen) atoms. The Morgan fingerprint density at radius 2 is 1.81 bits per heavy atom. The van der Waals surface area contributed by atoms with Crippen LogP contribution in [0.2, 0.25) is 0 Å². The molecule has 2 atom stereocenters. The summed E-state index contributed by atoms with van der Waals surface area (Å²) in [5.74, 6) is -0.285. The molecular weight excluding hydrogens is 388 g/mol. The van der Waals surface area contributed by atoms with E-state index < -0.39 is 5.97 Å². The summed E-state index contributed by atoms with van der Waals surface area (Å²) in [5, 5.41) is 13.7. The van der Waals surface area contributed by atoms with Crippen LogP contribution in [0, 0.1) is 5.92 Å². The fraction of sp³-hybridized carbons (Fsp3) is 0.308. The number of benzene rings is 3. The normalized spacial score (nSPS) is 16.9. The van der Waals surface area contributed by atoms with Crippen molar-refractivity contribution < 1.29 is 14.7 Å². The van der Waals surface area contributed by atoms with E-state index in [-0.39, 0.29) is 12.5 Å². The molecule has 5 heteroatoms. The van der Waals surface area contributed by atoms with Crippen molar-refractivity contribution in [3.8, 4) is 0 Å². The number of carbonyl (C=O) groups is 2. The Labute approximate surface area is 182 Å². The van der Waals surface area contributed by atoms with Crippen LogP contribution >= 0.6 is 0 Å². The number of amides is 1. The van der Waals surface area contributed by atoms with Crippen LogP contribution in [0.15, 0.2) is 66.7 Å². The minimum absolute atomic E-state index is 0.364. The van der Waals surface area contributed by atoms with Crippen molar-refractivity contribution in [1.82, 2.24) is 5.32 Å². The van der Waals surface area contributed by atoms with Crippen molar-refractivity contribution in [2.75, 3.05) is 24.5 Å². The third kappa shape index (κ3) is 4.88. The monoisotopic (exact) mass is 416 g/mol.